The molecule has 0 amide bonds. The maximum absolute atomic E-state index is 11.6. The van der Waals surface area contributed by atoms with E-state index in [2.05, 4.69) is 0 Å². The molecule has 0 unspecified atom stereocenters. The minimum absolute atomic E-state index is 0.0520. The lowest BCUT2D eigenvalue weighted by molar-refractivity contribution is 0.0992. The smallest absolute Gasteiger partial charge is 0.172 e. The summed E-state index contributed by atoms with van der Waals surface area (Å²) in [5.74, 6) is 0.195. The summed E-state index contributed by atoms with van der Waals surface area (Å²) in [4.78, 5) is 13.6. The minimum Gasteiger partial charge on any atom is -0.392 e. The molecule has 112 valence electrons. The van der Waals surface area contributed by atoms with E-state index in [1.807, 2.05) is 37.3 Å². The molecule has 2 aromatic rings. The predicted molar refractivity (Wildman–Crippen MR) is 84.6 cm³/mol. The third-order valence-corrected chi connectivity index (χ3v) is 4.72. The highest BCUT2D eigenvalue weighted by Gasteiger charge is 2.08. The van der Waals surface area contributed by atoms with E-state index in [1.54, 1.807) is 11.3 Å². The molecule has 0 bridgehead atoms. The average molecular weight is 304 g/mol. The number of aliphatic hydroxyl groups excluding tert-OH is 2. The molecule has 0 aliphatic carbocycles. The van der Waals surface area contributed by atoms with Gasteiger partial charge in [-0.15, -0.1) is 11.3 Å². The molecule has 21 heavy (non-hydrogen) atoms. The van der Waals surface area contributed by atoms with Gasteiger partial charge in [0.05, 0.1) is 18.1 Å². The van der Waals surface area contributed by atoms with E-state index in [0.717, 1.165) is 34.4 Å². The fraction of sp³-hybridized carbons (Fsp3) is 0.353. The van der Waals surface area contributed by atoms with Gasteiger partial charge in [0.1, 0.15) is 0 Å². The quantitative estimate of drug-likeness (QED) is 0.773. The number of rotatable bonds is 7. The van der Waals surface area contributed by atoms with Crippen molar-refractivity contribution in [2.75, 3.05) is 0 Å². The van der Waals surface area contributed by atoms with Crippen LogP contribution in [0.3, 0.4) is 0 Å². The summed E-state index contributed by atoms with van der Waals surface area (Å²) >= 11 is 1.56. The topological polar surface area (TPSA) is 57.5 Å². The third kappa shape index (κ3) is 4.00. The number of hydrogen-bond donors (Lipinski definition) is 2. The standard InChI is InChI=1S/C17H20O3S/c1-2-16(20)17-8-7-15(21-17)6-4-12-3-5-13(10-18)14(9-12)11-19/h3,5,7-9,18-19H,2,4,6,10-11H2,1H3. The molecule has 3 nitrogen and oxygen atoms in total. The number of aryl methyl sites for hydroxylation is 2. The first-order valence-corrected chi connectivity index (χ1v) is 7.93. The number of carbonyl (C=O) groups excluding carboxylic acids is 1. The number of ketones is 1. The summed E-state index contributed by atoms with van der Waals surface area (Å²) in [6, 6.07) is 9.71. The highest BCUT2D eigenvalue weighted by molar-refractivity contribution is 7.14. The zero-order valence-electron chi connectivity index (χ0n) is 12.1. The van der Waals surface area contributed by atoms with Crippen molar-refractivity contribution in [1.82, 2.24) is 0 Å². The zero-order chi connectivity index (χ0) is 15.2. The number of carbonyl (C=O) groups is 1. The Morgan fingerprint density at radius 2 is 1.81 bits per heavy atom. The van der Waals surface area contributed by atoms with Crippen LogP contribution in [0.4, 0.5) is 0 Å². The molecular formula is C17H20O3S. The van der Waals surface area contributed by atoms with E-state index < -0.39 is 0 Å². The van der Waals surface area contributed by atoms with E-state index in [1.165, 1.54) is 4.88 Å². The number of thiophene rings is 1. The van der Waals surface area contributed by atoms with Gasteiger partial charge in [0.2, 0.25) is 0 Å². The van der Waals surface area contributed by atoms with Gasteiger partial charge in [-0.3, -0.25) is 4.79 Å². The normalized spacial score (nSPS) is 10.8. The van der Waals surface area contributed by atoms with Gasteiger partial charge in [-0.25, -0.2) is 0 Å². The van der Waals surface area contributed by atoms with Crippen LogP contribution in [0.2, 0.25) is 0 Å². The summed E-state index contributed by atoms with van der Waals surface area (Å²) in [6.07, 6.45) is 2.28. The SMILES string of the molecule is CCC(=O)c1ccc(CCc2ccc(CO)c(CO)c2)s1. The van der Waals surface area contributed by atoms with Gasteiger partial charge in [0.15, 0.2) is 5.78 Å². The van der Waals surface area contributed by atoms with Crippen LogP contribution in [0.5, 0.6) is 0 Å². The van der Waals surface area contributed by atoms with Crippen molar-refractivity contribution in [3.63, 3.8) is 0 Å². The van der Waals surface area contributed by atoms with Crippen LogP contribution in [0.1, 0.15) is 44.6 Å². The molecule has 0 fully saturated rings. The average Bonchev–Trinajstić information content (AvgIpc) is 3.00. The molecule has 0 spiro atoms. The van der Waals surface area contributed by atoms with Crippen LogP contribution in [-0.2, 0) is 26.1 Å². The molecule has 0 atom stereocenters. The van der Waals surface area contributed by atoms with Gasteiger partial charge in [0, 0.05) is 11.3 Å². The Kier molecular flexibility index (Phi) is 5.67. The maximum Gasteiger partial charge on any atom is 0.172 e. The highest BCUT2D eigenvalue weighted by Crippen LogP contribution is 2.21. The van der Waals surface area contributed by atoms with Crippen molar-refractivity contribution in [1.29, 1.82) is 0 Å². The second-order valence-electron chi connectivity index (χ2n) is 4.96. The Morgan fingerprint density at radius 3 is 2.48 bits per heavy atom. The molecule has 0 saturated heterocycles. The first-order chi connectivity index (χ1) is 10.2. The molecular weight excluding hydrogens is 284 g/mol. The van der Waals surface area contributed by atoms with Crippen molar-refractivity contribution in [3.8, 4) is 0 Å². The second kappa shape index (κ2) is 7.50. The van der Waals surface area contributed by atoms with Gasteiger partial charge in [-0.05, 0) is 41.7 Å². The predicted octanol–water partition coefficient (Wildman–Crippen LogP) is 3.11. The Morgan fingerprint density at radius 1 is 1.05 bits per heavy atom. The molecule has 0 aliphatic heterocycles. The fourth-order valence-electron chi connectivity index (χ4n) is 2.24. The number of aliphatic hydroxyl groups is 2. The lowest BCUT2D eigenvalue weighted by atomic mass is 10.0. The molecule has 1 aromatic heterocycles. The van der Waals surface area contributed by atoms with E-state index in [0.29, 0.717) is 6.42 Å². The van der Waals surface area contributed by atoms with Crippen LogP contribution in [-0.4, -0.2) is 16.0 Å². The summed E-state index contributed by atoms with van der Waals surface area (Å²) < 4.78 is 0. The highest BCUT2D eigenvalue weighted by atomic mass is 32.1. The lowest BCUT2D eigenvalue weighted by Crippen LogP contribution is -1.97. The van der Waals surface area contributed by atoms with E-state index >= 15 is 0 Å². The van der Waals surface area contributed by atoms with Gasteiger partial charge < -0.3 is 10.2 Å². The molecule has 2 rings (SSSR count). The Labute approximate surface area is 128 Å². The van der Waals surface area contributed by atoms with Gasteiger partial charge in [-0.1, -0.05) is 25.1 Å². The van der Waals surface area contributed by atoms with Crippen molar-refractivity contribution >= 4 is 17.1 Å². The lowest BCUT2D eigenvalue weighted by Gasteiger charge is -2.07. The number of hydrogen-bond acceptors (Lipinski definition) is 4. The largest absolute Gasteiger partial charge is 0.392 e. The van der Waals surface area contributed by atoms with Crippen molar-refractivity contribution in [2.24, 2.45) is 0 Å². The van der Waals surface area contributed by atoms with E-state index in [4.69, 9.17) is 0 Å². The van der Waals surface area contributed by atoms with Crippen molar-refractivity contribution < 1.29 is 15.0 Å². The molecule has 0 aliphatic rings. The summed E-state index contributed by atoms with van der Waals surface area (Å²) in [5, 5.41) is 18.5. The molecule has 1 heterocycles. The molecule has 0 saturated carbocycles. The van der Waals surface area contributed by atoms with Gasteiger partial charge in [0.25, 0.3) is 0 Å². The number of benzene rings is 1. The van der Waals surface area contributed by atoms with Crippen molar-refractivity contribution in [2.45, 2.75) is 39.4 Å². The first kappa shape index (κ1) is 15.9. The fourth-order valence-corrected chi connectivity index (χ4v) is 3.26. The van der Waals surface area contributed by atoms with Crippen LogP contribution >= 0.6 is 11.3 Å². The van der Waals surface area contributed by atoms with Crippen LogP contribution < -0.4 is 0 Å². The Bertz CT molecular complexity index is 616. The summed E-state index contributed by atoms with van der Waals surface area (Å²) in [7, 11) is 0. The first-order valence-electron chi connectivity index (χ1n) is 7.12. The summed E-state index contributed by atoms with van der Waals surface area (Å²) in [5.41, 5.74) is 2.68. The summed E-state index contributed by atoms with van der Waals surface area (Å²) in [6.45, 7) is 1.77. The second-order valence-corrected chi connectivity index (χ2v) is 6.13. The van der Waals surface area contributed by atoms with Crippen LogP contribution in [0, 0.1) is 0 Å². The Hall–Kier alpha value is -1.49. The van der Waals surface area contributed by atoms with E-state index in [9.17, 15) is 15.0 Å². The molecule has 4 heteroatoms. The molecule has 1 aromatic carbocycles. The van der Waals surface area contributed by atoms with Gasteiger partial charge >= 0.3 is 0 Å². The zero-order valence-corrected chi connectivity index (χ0v) is 12.9. The molecule has 2 N–H and O–H groups in total. The minimum atomic E-state index is -0.0577. The maximum atomic E-state index is 11.6. The monoisotopic (exact) mass is 304 g/mol. The van der Waals surface area contributed by atoms with E-state index in [-0.39, 0.29) is 19.0 Å². The molecule has 0 radical (unpaired) electrons. The van der Waals surface area contributed by atoms with Gasteiger partial charge in [-0.2, -0.15) is 0 Å². The third-order valence-electron chi connectivity index (χ3n) is 3.53. The Balaban J connectivity index is 2.02. The number of Topliss-reactive ketones (excluding diaryl/α,β-unsaturated/α-hetero) is 1. The van der Waals surface area contributed by atoms with Crippen molar-refractivity contribution in [3.05, 3.63) is 56.8 Å². The van der Waals surface area contributed by atoms with Crippen LogP contribution in [0.25, 0.3) is 0 Å². The van der Waals surface area contributed by atoms with Crippen LogP contribution in [0.15, 0.2) is 30.3 Å².